The molecule has 0 atom stereocenters. The molecule has 0 unspecified atom stereocenters. The molecule has 0 saturated carbocycles. The van der Waals surface area contributed by atoms with Crippen molar-refractivity contribution in [2.45, 2.75) is 6.54 Å². The lowest BCUT2D eigenvalue weighted by Gasteiger charge is -2.08. The number of nitrogen functional groups attached to an aromatic ring is 1. The topological polar surface area (TPSA) is 57.2 Å². The number of hydrogen-bond acceptors (Lipinski definition) is 3. The third-order valence-corrected chi connectivity index (χ3v) is 2.57. The maximum absolute atomic E-state index is 11.6. The Morgan fingerprint density at radius 2 is 2.00 bits per heavy atom. The number of carbonyl (C=O) groups excluding carboxylic acids is 1. The number of carbonyl (C=O) groups is 1. The van der Waals surface area contributed by atoms with Gasteiger partial charge in [-0.1, -0.05) is 30.3 Å². The van der Waals surface area contributed by atoms with Gasteiger partial charge in [-0.15, -0.1) is 0 Å². The lowest BCUT2D eigenvalue weighted by atomic mass is 10.2. The van der Waals surface area contributed by atoms with Crippen molar-refractivity contribution in [3.05, 3.63) is 53.9 Å². The van der Waals surface area contributed by atoms with Crippen LogP contribution in [-0.2, 0) is 11.3 Å². The van der Waals surface area contributed by atoms with Gasteiger partial charge in [-0.3, -0.25) is 0 Å². The van der Waals surface area contributed by atoms with Crippen LogP contribution in [0.2, 0.25) is 0 Å². The molecular formula is C13H14N2O2. The van der Waals surface area contributed by atoms with Crippen LogP contribution in [-0.4, -0.2) is 17.6 Å². The average molecular weight is 230 g/mol. The first-order valence-electron chi connectivity index (χ1n) is 5.29. The minimum atomic E-state index is -0.413. The van der Waals surface area contributed by atoms with Crippen LogP contribution in [0.15, 0.2) is 42.6 Å². The molecule has 17 heavy (non-hydrogen) atoms. The number of nitrogens with zero attached hydrogens (tertiary/aromatic N) is 1. The highest BCUT2D eigenvalue weighted by atomic mass is 16.5. The van der Waals surface area contributed by atoms with Crippen LogP contribution in [0, 0.1) is 0 Å². The van der Waals surface area contributed by atoms with Crippen molar-refractivity contribution in [1.29, 1.82) is 0 Å². The molecule has 1 aromatic carbocycles. The molecule has 2 aromatic rings. The van der Waals surface area contributed by atoms with Crippen molar-refractivity contribution in [3.8, 4) is 0 Å². The summed E-state index contributed by atoms with van der Waals surface area (Å²) in [6.45, 7) is 0.600. The Bertz CT molecular complexity index is 517. The molecular weight excluding hydrogens is 216 g/mol. The maximum atomic E-state index is 11.6. The number of anilines is 1. The monoisotopic (exact) mass is 230 g/mol. The molecule has 88 valence electrons. The zero-order valence-electron chi connectivity index (χ0n) is 9.59. The first-order valence-corrected chi connectivity index (χ1v) is 5.29. The van der Waals surface area contributed by atoms with Gasteiger partial charge in [0.15, 0.2) is 5.69 Å². The Balaban J connectivity index is 2.31. The number of benzene rings is 1. The Morgan fingerprint density at radius 1 is 1.29 bits per heavy atom. The molecule has 2 rings (SSSR count). The second-order valence-corrected chi connectivity index (χ2v) is 3.72. The summed E-state index contributed by atoms with van der Waals surface area (Å²) < 4.78 is 6.50. The summed E-state index contributed by atoms with van der Waals surface area (Å²) in [5.74, 6) is -0.413. The summed E-state index contributed by atoms with van der Waals surface area (Å²) in [5, 5.41) is 0. The summed E-state index contributed by atoms with van der Waals surface area (Å²) in [6.07, 6.45) is 1.79. The number of hydrogen-bond donors (Lipinski definition) is 1. The lowest BCUT2D eigenvalue weighted by Crippen LogP contribution is -2.12. The van der Waals surface area contributed by atoms with Crippen LogP contribution in [0.25, 0.3) is 0 Å². The average Bonchev–Trinajstić information content (AvgIpc) is 2.71. The fourth-order valence-corrected chi connectivity index (χ4v) is 1.73. The molecule has 4 heteroatoms. The molecule has 1 heterocycles. The van der Waals surface area contributed by atoms with Crippen molar-refractivity contribution < 1.29 is 9.53 Å². The Hall–Kier alpha value is -2.23. The van der Waals surface area contributed by atoms with Gasteiger partial charge in [0.25, 0.3) is 0 Å². The van der Waals surface area contributed by atoms with Gasteiger partial charge in [0.1, 0.15) is 0 Å². The molecule has 0 spiro atoms. The standard InChI is InChI=1S/C13H14N2O2/c1-17-13(16)12-11(14)7-8-15(12)9-10-5-3-2-4-6-10/h2-8H,9,14H2,1H3. The SMILES string of the molecule is COC(=O)c1c(N)ccn1Cc1ccccc1. The third-order valence-electron chi connectivity index (χ3n) is 2.57. The fraction of sp³-hybridized carbons (Fsp3) is 0.154. The molecule has 0 saturated heterocycles. The molecule has 0 radical (unpaired) electrons. The van der Waals surface area contributed by atoms with E-state index in [1.165, 1.54) is 7.11 Å². The lowest BCUT2D eigenvalue weighted by molar-refractivity contribution is 0.0590. The Kier molecular flexibility index (Phi) is 3.14. The van der Waals surface area contributed by atoms with Crippen molar-refractivity contribution in [2.75, 3.05) is 12.8 Å². The zero-order valence-corrected chi connectivity index (χ0v) is 9.59. The normalized spacial score (nSPS) is 10.2. The van der Waals surface area contributed by atoms with E-state index >= 15 is 0 Å². The maximum Gasteiger partial charge on any atom is 0.356 e. The highest BCUT2D eigenvalue weighted by molar-refractivity contribution is 5.93. The summed E-state index contributed by atoms with van der Waals surface area (Å²) in [5.41, 5.74) is 7.69. The molecule has 2 N–H and O–H groups in total. The van der Waals surface area contributed by atoms with Gasteiger partial charge >= 0.3 is 5.97 Å². The molecule has 0 aliphatic carbocycles. The van der Waals surface area contributed by atoms with Gasteiger partial charge in [-0.2, -0.15) is 0 Å². The van der Waals surface area contributed by atoms with Gasteiger partial charge in [0, 0.05) is 12.7 Å². The Morgan fingerprint density at radius 3 is 2.65 bits per heavy atom. The van der Waals surface area contributed by atoms with Crippen molar-refractivity contribution in [1.82, 2.24) is 4.57 Å². The van der Waals surface area contributed by atoms with E-state index in [9.17, 15) is 4.79 Å². The molecule has 0 aliphatic heterocycles. The number of rotatable bonds is 3. The third kappa shape index (κ3) is 2.30. The summed E-state index contributed by atoms with van der Waals surface area (Å²) >= 11 is 0. The van der Waals surface area contributed by atoms with Crippen LogP contribution < -0.4 is 5.73 Å². The predicted molar refractivity (Wildman–Crippen MR) is 65.7 cm³/mol. The second-order valence-electron chi connectivity index (χ2n) is 3.72. The molecule has 0 amide bonds. The largest absolute Gasteiger partial charge is 0.464 e. The van der Waals surface area contributed by atoms with Gasteiger partial charge in [-0.25, -0.2) is 4.79 Å². The van der Waals surface area contributed by atoms with Crippen LogP contribution in [0.5, 0.6) is 0 Å². The summed E-state index contributed by atoms with van der Waals surface area (Å²) in [4.78, 5) is 11.6. The quantitative estimate of drug-likeness (QED) is 0.819. The number of methoxy groups -OCH3 is 1. The van der Waals surface area contributed by atoms with Crippen molar-refractivity contribution >= 4 is 11.7 Å². The highest BCUT2D eigenvalue weighted by Crippen LogP contribution is 2.16. The van der Waals surface area contributed by atoms with E-state index in [1.54, 1.807) is 16.8 Å². The van der Waals surface area contributed by atoms with E-state index < -0.39 is 5.97 Å². The molecule has 1 aromatic heterocycles. The van der Waals surface area contributed by atoms with E-state index in [4.69, 9.17) is 10.5 Å². The first-order chi connectivity index (χ1) is 8.22. The van der Waals surface area contributed by atoms with Gasteiger partial charge in [-0.05, 0) is 11.6 Å². The number of nitrogens with two attached hydrogens (primary N) is 1. The predicted octanol–water partition coefficient (Wildman–Crippen LogP) is 1.91. The molecule has 4 nitrogen and oxygen atoms in total. The van der Waals surface area contributed by atoms with Crippen LogP contribution in [0.3, 0.4) is 0 Å². The highest BCUT2D eigenvalue weighted by Gasteiger charge is 2.15. The summed E-state index contributed by atoms with van der Waals surface area (Å²) in [6, 6.07) is 11.6. The van der Waals surface area contributed by atoms with Gasteiger partial charge in [0.05, 0.1) is 12.8 Å². The molecule has 0 fully saturated rings. The summed E-state index contributed by atoms with van der Waals surface area (Å²) in [7, 11) is 1.35. The minimum Gasteiger partial charge on any atom is -0.464 e. The fourth-order valence-electron chi connectivity index (χ4n) is 1.73. The first kappa shape index (κ1) is 11.3. The smallest absolute Gasteiger partial charge is 0.356 e. The van der Waals surface area contributed by atoms with E-state index in [0.29, 0.717) is 17.9 Å². The number of aromatic nitrogens is 1. The van der Waals surface area contributed by atoms with Gasteiger partial charge in [0.2, 0.25) is 0 Å². The van der Waals surface area contributed by atoms with Crippen molar-refractivity contribution in [2.24, 2.45) is 0 Å². The number of esters is 1. The van der Waals surface area contributed by atoms with Gasteiger partial charge < -0.3 is 15.0 Å². The van der Waals surface area contributed by atoms with Crippen LogP contribution >= 0.6 is 0 Å². The van der Waals surface area contributed by atoms with E-state index in [0.717, 1.165) is 5.56 Å². The van der Waals surface area contributed by atoms with Crippen LogP contribution in [0.1, 0.15) is 16.1 Å². The molecule has 0 bridgehead atoms. The van der Waals surface area contributed by atoms with E-state index in [2.05, 4.69) is 0 Å². The van der Waals surface area contributed by atoms with E-state index in [1.807, 2.05) is 30.3 Å². The van der Waals surface area contributed by atoms with Crippen molar-refractivity contribution in [3.63, 3.8) is 0 Å². The van der Waals surface area contributed by atoms with E-state index in [-0.39, 0.29) is 0 Å². The number of ether oxygens (including phenoxy) is 1. The minimum absolute atomic E-state index is 0.399. The van der Waals surface area contributed by atoms with Crippen LogP contribution in [0.4, 0.5) is 5.69 Å². The molecule has 0 aliphatic rings. The zero-order chi connectivity index (χ0) is 12.3. The Labute approximate surface area is 99.6 Å². The second kappa shape index (κ2) is 4.74.